The summed E-state index contributed by atoms with van der Waals surface area (Å²) in [5.41, 5.74) is 0.522. The lowest BCUT2D eigenvalue weighted by Gasteiger charge is -2.17. The largest absolute Gasteiger partial charge is 0.573 e. The van der Waals surface area contributed by atoms with E-state index in [-0.39, 0.29) is 22.4 Å². The van der Waals surface area contributed by atoms with Crippen LogP contribution in [-0.2, 0) is 4.79 Å². The van der Waals surface area contributed by atoms with Crippen LogP contribution in [0.5, 0.6) is 5.75 Å². The molecule has 1 aromatic carbocycles. The summed E-state index contributed by atoms with van der Waals surface area (Å²) >= 11 is 5.02. The van der Waals surface area contributed by atoms with Gasteiger partial charge in [0.2, 0.25) is 5.91 Å². The van der Waals surface area contributed by atoms with Crippen LogP contribution in [0.3, 0.4) is 0 Å². The van der Waals surface area contributed by atoms with Gasteiger partial charge in [-0.1, -0.05) is 12.2 Å². The summed E-state index contributed by atoms with van der Waals surface area (Å²) in [6.07, 6.45) is -3.20. The van der Waals surface area contributed by atoms with Crippen molar-refractivity contribution in [3.63, 3.8) is 0 Å². The van der Waals surface area contributed by atoms with Gasteiger partial charge in [-0.05, 0) is 36.4 Å². The zero-order valence-electron chi connectivity index (χ0n) is 13.5. The van der Waals surface area contributed by atoms with E-state index in [9.17, 15) is 22.8 Å². The Labute approximate surface area is 151 Å². The highest BCUT2D eigenvalue weighted by Crippen LogP contribution is 2.23. The number of aromatic amines is 1. The molecule has 0 aliphatic rings. The maximum Gasteiger partial charge on any atom is 0.573 e. The normalized spacial score (nSPS) is 10.9. The molecule has 2 rings (SSSR count). The molecule has 0 aliphatic heterocycles. The Morgan fingerprint density at radius 3 is 2.46 bits per heavy atom. The molecule has 2 N–H and O–H groups in total. The number of likely N-dealkylation sites (N-methyl/N-ethyl adjacent to an activating group) is 1. The van der Waals surface area contributed by atoms with E-state index in [0.29, 0.717) is 0 Å². The fourth-order valence-corrected chi connectivity index (χ4v) is 2.25. The number of H-pyrrole nitrogens is 1. The van der Waals surface area contributed by atoms with Gasteiger partial charge in [-0.2, -0.15) is 0 Å². The Kier molecular flexibility index (Phi) is 5.98. The number of hydrogen-bond donors (Lipinski definition) is 2. The molecule has 0 saturated heterocycles. The summed E-state index contributed by atoms with van der Waals surface area (Å²) in [5.74, 6) is -1.35. The van der Waals surface area contributed by atoms with Crippen LogP contribution in [0, 0.1) is 4.64 Å². The number of hydrogen-bond acceptors (Lipinski definition) is 4. The maximum atomic E-state index is 12.3. The molecule has 2 amide bonds. The molecule has 138 valence electrons. The lowest BCUT2D eigenvalue weighted by molar-refractivity contribution is -0.274. The van der Waals surface area contributed by atoms with E-state index in [4.69, 9.17) is 12.2 Å². The van der Waals surface area contributed by atoms with Gasteiger partial charge in [-0.15, -0.1) is 13.2 Å². The number of amides is 2. The van der Waals surface area contributed by atoms with E-state index < -0.39 is 23.9 Å². The monoisotopic (exact) mass is 385 g/mol. The lowest BCUT2D eigenvalue weighted by atomic mass is 10.2. The van der Waals surface area contributed by atoms with E-state index in [2.05, 4.69) is 15.0 Å². The number of alkyl halides is 3. The number of nitrogens with one attached hydrogen (secondary N) is 2. The van der Waals surface area contributed by atoms with Crippen LogP contribution in [0.15, 0.2) is 42.6 Å². The van der Waals surface area contributed by atoms with Crippen LogP contribution >= 0.6 is 12.2 Å². The minimum Gasteiger partial charge on any atom is -0.406 e. The van der Waals surface area contributed by atoms with Gasteiger partial charge >= 0.3 is 6.36 Å². The highest BCUT2D eigenvalue weighted by atomic mass is 32.1. The highest BCUT2D eigenvalue weighted by molar-refractivity contribution is 7.71. The lowest BCUT2D eigenvalue weighted by Crippen LogP contribution is -2.35. The molecule has 6 nitrogen and oxygen atoms in total. The first-order chi connectivity index (χ1) is 12.2. The second-order valence-corrected chi connectivity index (χ2v) is 5.60. The first-order valence-electron chi connectivity index (χ1n) is 7.24. The number of pyridine rings is 1. The third-order valence-corrected chi connectivity index (χ3v) is 3.49. The SMILES string of the molecule is CN(CC(=O)Nc1ccc(OC(F)(F)F)cc1)C(=O)c1ccc[nH]c1=S. The van der Waals surface area contributed by atoms with Gasteiger partial charge in [-0.3, -0.25) is 9.59 Å². The summed E-state index contributed by atoms with van der Waals surface area (Å²) in [4.78, 5) is 28.2. The van der Waals surface area contributed by atoms with Crippen LogP contribution in [0.1, 0.15) is 10.4 Å². The summed E-state index contributed by atoms with van der Waals surface area (Å²) < 4.78 is 40.3. The Bertz CT molecular complexity index is 850. The molecule has 0 atom stereocenters. The smallest absolute Gasteiger partial charge is 0.406 e. The second-order valence-electron chi connectivity index (χ2n) is 5.19. The van der Waals surface area contributed by atoms with Crippen molar-refractivity contribution >= 4 is 29.7 Å². The number of halogens is 3. The number of benzene rings is 1. The van der Waals surface area contributed by atoms with Crippen molar-refractivity contribution in [2.45, 2.75) is 6.36 Å². The second kappa shape index (κ2) is 8.00. The zero-order valence-corrected chi connectivity index (χ0v) is 14.3. The average Bonchev–Trinajstić information content (AvgIpc) is 2.55. The van der Waals surface area contributed by atoms with Crippen molar-refractivity contribution < 1.29 is 27.5 Å². The van der Waals surface area contributed by atoms with Gasteiger partial charge in [-0.25, -0.2) is 0 Å². The van der Waals surface area contributed by atoms with Crippen molar-refractivity contribution in [3.8, 4) is 5.75 Å². The molecule has 26 heavy (non-hydrogen) atoms. The van der Waals surface area contributed by atoms with E-state index in [1.807, 2.05) is 0 Å². The number of rotatable bonds is 5. The van der Waals surface area contributed by atoms with Gasteiger partial charge in [0.25, 0.3) is 5.91 Å². The Balaban J connectivity index is 1.95. The first-order valence-corrected chi connectivity index (χ1v) is 7.65. The minimum atomic E-state index is -4.79. The van der Waals surface area contributed by atoms with Crippen molar-refractivity contribution in [1.29, 1.82) is 0 Å². The quantitative estimate of drug-likeness (QED) is 0.774. The fourth-order valence-electron chi connectivity index (χ4n) is 2.02. The third-order valence-electron chi connectivity index (χ3n) is 3.15. The van der Waals surface area contributed by atoms with Crippen molar-refractivity contribution in [2.24, 2.45) is 0 Å². The van der Waals surface area contributed by atoms with Gasteiger partial charge in [0.05, 0.1) is 12.1 Å². The summed E-state index contributed by atoms with van der Waals surface area (Å²) in [7, 11) is 1.43. The molecule has 2 aromatic rings. The topological polar surface area (TPSA) is 74.4 Å². The number of aromatic nitrogens is 1. The third kappa shape index (κ3) is 5.59. The van der Waals surface area contributed by atoms with Crippen LogP contribution in [0.4, 0.5) is 18.9 Å². The van der Waals surface area contributed by atoms with Crippen molar-refractivity contribution in [3.05, 3.63) is 52.8 Å². The first kappa shape index (κ1) is 19.4. The molecule has 1 aromatic heterocycles. The van der Waals surface area contributed by atoms with Gasteiger partial charge in [0.1, 0.15) is 10.4 Å². The minimum absolute atomic E-state index is 0.255. The number of anilines is 1. The number of ether oxygens (including phenoxy) is 1. The average molecular weight is 385 g/mol. The van der Waals surface area contributed by atoms with E-state index in [1.54, 1.807) is 12.3 Å². The Morgan fingerprint density at radius 1 is 1.23 bits per heavy atom. The van der Waals surface area contributed by atoms with E-state index >= 15 is 0 Å². The van der Waals surface area contributed by atoms with Crippen LogP contribution < -0.4 is 10.1 Å². The molecule has 1 heterocycles. The Hall–Kier alpha value is -2.88. The molecule has 0 saturated carbocycles. The Morgan fingerprint density at radius 2 is 1.88 bits per heavy atom. The molecule has 0 fully saturated rings. The fraction of sp³-hybridized carbons (Fsp3) is 0.188. The predicted octanol–water partition coefficient (Wildman–Crippen LogP) is 3.35. The number of carbonyl (C=O) groups is 2. The van der Waals surface area contributed by atoms with Gasteiger partial charge in [0, 0.05) is 18.9 Å². The van der Waals surface area contributed by atoms with Gasteiger partial charge < -0.3 is 19.9 Å². The number of nitrogens with zero attached hydrogens (tertiary/aromatic N) is 1. The molecule has 0 radical (unpaired) electrons. The summed E-state index contributed by atoms with van der Waals surface area (Å²) in [6, 6.07) is 7.81. The van der Waals surface area contributed by atoms with E-state index in [1.165, 1.54) is 30.1 Å². The van der Waals surface area contributed by atoms with Crippen molar-refractivity contribution in [2.75, 3.05) is 18.9 Å². The highest BCUT2D eigenvalue weighted by Gasteiger charge is 2.31. The van der Waals surface area contributed by atoms with Crippen LogP contribution in [-0.4, -0.2) is 41.7 Å². The molecular formula is C16H14F3N3O3S. The molecule has 0 aliphatic carbocycles. The molecular weight excluding hydrogens is 371 g/mol. The standard InChI is InChI=1S/C16H14F3N3O3S/c1-22(15(24)12-3-2-8-20-14(12)26)9-13(23)21-10-4-6-11(7-5-10)25-16(17,18)19/h2-8H,9H2,1H3,(H,20,26)(H,21,23). The molecule has 10 heteroatoms. The maximum absolute atomic E-state index is 12.3. The predicted molar refractivity (Wildman–Crippen MR) is 90.3 cm³/mol. The summed E-state index contributed by atoms with van der Waals surface area (Å²) in [5, 5.41) is 2.48. The summed E-state index contributed by atoms with van der Waals surface area (Å²) in [6.45, 7) is -0.261. The number of carbonyl (C=O) groups excluding carboxylic acids is 2. The van der Waals surface area contributed by atoms with Crippen molar-refractivity contribution in [1.82, 2.24) is 9.88 Å². The van der Waals surface area contributed by atoms with Crippen LogP contribution in [0.25, 0.3) is 0 Å². The van der Waals surface area contributed by atoms with E-state index in [0.717, 1.165) is 12.1 Å². The van der Waals surface area contributed by atoms with Crippen LogP contribution in [0.2, 0.25) is 0 Å². The molecule has 0 spiro atoms. The molecule has 0 unspecified atom stereocenters. The van der Waals surface area contributed by atoms with Gasteiger partial charge in [0.15, 0.2) is 0 Å². The molecule has 0 bridgehead atoms. The zero-order chi connectivity index (χ0) is 19.3.